The van der Waals surface area contributed by atoms with E-state index in [1.54, 1.807) is 0 Å². The molecule has 0 saturated heterocycles. The number of aryl methyl sites for hydroxylation is 3. The van der Waals surface area contributed by atoms with E-state index in [1.807, 2.05) is 0 Å². The fourth-order valence-electron chi connectivity index (χ4n) is 3.50. The zero-order valence-corrected chi connectivity index (χ0v) is 13.9. The minimum absolute atomic E-state index is 0.453. The molecule has 1 aromatic carbocycles. The summed E-state index contributed by atoms with van der Waals surface area (Å²) in [4.78, 5) is 4.79. The molecule has 0 atom stereocenters. The number of nitrogens with one attached hydrogen (secondary N) is 1. The van der Waals surface area contributed by atoms with Crippen LogP contribution in [0.1, 0.15) is 48.8 Å². The number of aliphatic hydroxyl groups is 1. The normalized spacial score (nSPS) is 17.1. The Morgan fingerprint density at radius 3 is 2.59 bits per heavy atom. The monoisotopic (exact) mass is 298 g/mol. The van der Waals surface area contributed by atoms with E-state index >= 15 is 0 Å². The van der Waals surface area contributed by atoms with Gasteiger partial charge in [0, 0.05) is 11.9 Å². The molecule has 1 heterocycles. The Morgan fingerprint density at radius 1 is 1.14 bits per heavy atom. The van der Waals surface area contributed by atoms with Gasteiger partial charge in [0.2, 0.25) is 0 Å². The second-order valence-corrected chi connectivity index (χ2v) is 6.84. The molecule has 3 rings (SSSR count). The summed E-state index contributed by atoms with van der Waals surface area (Å²) in [5.74, 6) is 0.917. The lowest BCUT2D eigenvalue weighted by atomic mass is 9.98. The predicted octanol–water partition coefficient (Wildman–Crippen LogP) is 4.27. The minimum Gasteiger partial charge on any atom is -0.390 e. The molecule has 1 fully saturated rings. The van der Waals surface area contributed by atoms with Crippen molar-refractivity contribution >= 4 is 16.7 Å². The maximum absolute atomic E-state index is 10.4. The van der Waals surface area contributed by atoms with E-state index < -0.39 is 5.60 Å². The van der Waals surface area contributed by atoms with Gasteiger partial charge in [-0.25, -0.2) is 4.98 Å². The van der Waals surface area contributed by atoms with Crippen LogP contribution in [0, 0.1) is 20.8 Å². The average Bonchev–Trinajstić information content (AvgIpc) is 2.90. The zero-order valence-electron chi connectivity index (χ0n) is 13.9. The van der Waals surface area contributed by atoms with Gasteiger partial charge < -0.3 is 10.4 Å². The Morgan fingerprint density at radius 2 is 1.86 bits per heavy atom. The molecule has 2 N–H and O–H groups in total. The van der Waals surface area contributed by atoms with E-state index in [1.165, 1.54) is 22.1 Å². The van der Waals surface area contributed by atoms with Crippen LogP contribution in [-0.2, 0) is 0 Å². The molecule has 0 bridgehead atoms. The number of pyridine rings is 1. The van der Waals surface area contributed by atoms with Gasteiger partial charge in [0.05, 0.1) is 11.1 Å². The van der Waals surface area contributed by atoms with Crippen LogP contribution in [0.2, 0.25) is 0 Å². The molecule has 1 saturated carbocycles. The van der Waals surface area contributed by atoms with E-state index in [2.05, 4.69) is 44.3 Å². The molecule has 2 aromatic rings. The largest absolute Gasteiger partial charge is 0.390 e. The van der Waals surface area contributed by atoms with Gasteiger partial charge in [0.25, 0.3) is 0 Å². The number of fused-ring (bicyclic) bond motifs is 1. The molecule has 0 unspecified atom stereocenters. The molecule has 1 aliphatic rings. The van der Waals surface area contributed by atoms with E-state index in [-0.39, 0.29) is 0 Å². The summed E-state index contributed by atoms with van der Waals surface area (Å²) in [6.45, 7) is 7.17. The third kappa shape index (κ3) is 2.95. The van der Waals surface area contributed by atoms with Crippen molar-refractivity contribution < 1.29 is 5.11 Å². The number of rotatable bonds is 4. The van der Waals surface area contributed by atoms with Crippen molar-refractivity contribution in [3.8, 4) is 0 Å². The van der Waals surface area contributed by atoms with Gasteiger partial charge in [0.1, 0.15) is 5.82 Å². The van der Waals surface area contributed by atoms with Crippen LogP contribution < -0.4 is 5.32 Å². The highest BCUT2D eigenvalue weighted by Gasteiger charge is 2.30. The van der Waals surface area contributed by atoms with Gasteiger partial charge >= 0.3 is 0 Å². The number of hydrogen-bond donors (Lipinski definition) is 2. The third-order valence-corrected chi connectivity index (χ3v) is 5.14. The van der Waals surface area contributed by atoms with Crippen molar-refractivity contribution in [1.29, 1.82) is 0 Å². The Kier molecular flexibility index (Phi) is 4.09. The lowest BCUT2D eigenvalue weighted by Gasteiger charge is -2.22. The minimum atomic E-state index is -0.453. The first-order valence-electron chi connectivity index (χ1n) is 8.32. The first kappa shape index (κ1) is 15.3. The van der Waals surface area contributed by atoms with Gasteiger partial charge in [-0.3, -0.25) is 0 Å². The van der Waals surface area contributed by atoms with E-state index in [0.29, 0.717) is 0 Å². The fourth-order valence-corrected chi connectivity index (χ4v) is 3.50. The maximum atomic E-state index is 10.4. The maximum Gasteiger partial charge on any atom is 0.126 e. The van der Waals surface area contributed by atoms with Gasteiger partial charge in [0.15, 0.2) is 0 Å². The molecule has 22 heavy (non-hydrogen) atoms. The molecular formula is C19H26N2O. The molecule has 3 heteroatoms. The van der Waals surface area contributed by atoms with Crippen LogP contribution in [0.5, 0.6) is 0 Å². The standard InChI is InChI=1S/C19H26N2O/c1-13-6-7-16-14(2)12-17(21-18(16)15(13)3)20-11-10-19(22)8-4-5-9-19/h6-7,12,22H,4-5,8-11H2,1-3H3,(H,20,21). The summed E-state index contributed by atoms with van der Waals surface area (Å²) in [6.07, 6.45) is 5.00. The molecule has 1 aliphatic carbocycles. The van der Waals surface area contributed by atoms with E-state index in [0.717, 1.165) is 50.0 Å². The van der Waals surface area contributed by atoms with Crippen LogP contribution in [0.3, 0.4) is 0 Å². The number of hydrogen-bond acceptors (Lipinski definition) is 3. The molecule has 0 radical (unpaired) electrons. The molecule has 0 aliphatic heterocycles. The Hall–Kier alpha value is -1.61. The summed E-state index contributed by atoms with van der Waals surface area (Å²) in [5, 5.41) is 15.0. The smallest absolute Gasteiger partial charge is 0.126 e. The first-order chi connectivity index (χ1) is 10.5. The van der Waals surface area contributed by atoms with Gasteiger partial charge in [-0.2, -0.15) is 0 Å². The SMILES string of the molecule is Cc1ccc2c(C)cc(NCCC3(O)CCCC3)nc2c1C. The number of nitrogens with zero attached hydrogens (tertiary/aromatic N) is 1. The predicted molar refractivity (Wildman–Crippen MR) is 92.5 cm³/mol. The van der Waals surface area contributed by atoms with Crippen LogP contribution in [-0.4, -0.2) is 22.2 Å². The number of benzene rings is 1. The van der Waals surface area contributed by atoms with Crippen molar-refractivity contribution in [1.82, 2.24) is 4.98 Å². The molecule has 118 valence electrons. The van der Waals surface area contributed by atoms with E-state index in [4.69, 9.17) is 4.98 Å². The molecule has 0 spiro atoms. The first-order valence-corrected chi connectivity index (χ1v) is 8.32. The summed E-state index contributed by atoms with van der Waals surface area (Å²) in [7, 11) is 0. The van der Waals surface area contributed by atoms with Crippen molar-refractivity contribution in [2.45, 2.75) is 58.5 Å². The summed E-state index contributed by atoms with van der Waals surface area (Å²) in [5.41, 5.74) is 4.40. The molecular weight excluding hydrogens is 272 g/mol. The van der Waals surface area contributed by atoms with Crippen LogP contribution in [0.25, 0.3) is 10.9 Å². The van der Waals surface area contributed by atoms with Crippen LogP contribution >= 0.6 is 0 Å². The summed E-state index contributed by atoms with van der Waals surface area (Å²) < 4.78 is 0. The quantitative estimate of drug-likeness (QED) is 0.886. The van der Waals surface area contributed by atoms with Crippen molar-refractivity contribution in [2.24, 2.45) is 0 Å². The van der Waals surface area contributed by atoms with Gasteiger partial charge in [-0.15, -0.1) is 0 Å². The molecule has 0 amide bonds. The Labute approximate surface area is 132 Å². The Balaban J connectivity index is 1.78. The fraction of sp³-hybridized carbons (Fsp3) is 0.526. The Bertz CT molecular complexity index is 687. The molecule has 3 nitrogen and oxygen atoms in total. The van der Waals surface area contributed by atoms with Gasteiger partial charge in [-0.05, 0) is 62.8 Å². The molecule has 1 aromatic heterocycles. The second-order valence-electron chi connectivity index (χ2n) is 6.84. The van der Waals surface area contributed by atoms with Crippen molar-refractivity contribution in [2.75, 3.05) is 11.9 Å². The van der Waals surface area contributed by atoms with Crippen LogP contribution in [0.15, 0.2) is 18.2 Å². The van der Waals surface area contributed by atoms with Crippen molar-refractivity contribution in [3.05, 3.63) is 34.9 Å². The lowest BCUT2D eigenvalue weighted by Crippen LogP contribution is -2.27. The third-order valence-electron chi connectivity index (χ3n) is 5.14. The average molecular weight is 298 g/mol. The summed E-state index contributed by atoms with van der Waals surface area (Å²) in [6, 6.07) is 6.43. The highest BCUT2D eigenvalue weighted by atomic mass is 16.3. The van der Waals surface area contributed by atoms with Crippen LogP contribution in [0.4, 0.5) is 5.82 Å². The van der Waals surface area contributed by atoms with Crippen molar-refractivity contribution in [3.63, 3.8) is 0 Å². The second kappa shape index (κ2) is 5.88. The zero-order chi connectivity index (χ0) is 15.7. The van der Waals surface area contributed by atoms with E-state index in [9.17, 15) is 5.11 Å². The number of aromatic nitrogens is 1. The topological polar surface area (TPSA) is 45.1 Å². The van der Waals surface area contributed by atoms with Gasteiger partial charge in [-0.1, -0.05) is 25.0 Å². The highest BCUT2D eigenvalue weighted by Crippen LogP contribution is 2.32. The summed E-state index contributed by atoms with van der Waals surface area (Å²) >= 11 is 0. The lowest BCUT2D eigenvalue weighted by molar-refractivity contribution is 0.0424. The highest BCUT2D eigenvalue weighted by molar-refractivity contribution is 5.87. The number of anilines is 1.